The number of H-pyrrole nitrogens is 1. The van der Waals surface area contributed by atoms with Crippen molar-refractivity contribution in [2.24, 2.45) is 0 Å². The summed E-state index contributed by atoms with van der Waals surface area (Å²) >= 11 is 0. The molecule has 29 heavy (non-hydrogen) atoms. The number of hydrogen-bond donors (Lipinski definition) is 2. The topological polar surface area (TPSA) is 96.5 Å². The molecule has 156 valence electrons. The maximum absolute atomic E-state index is 12.4. The molecule has 2 N–H and O–H groups in total. The summed E-state index contributed by atoms with van der Waals surface area (Å²) in [4.78, 5) is 26.3. The number of methoxy groups -OCH3 is 1. The normalized spacial score (nSPS) is 13.6. The fourth-order valence-corrected chi connectivity index (χ4v) is 3.18. The number of carbonyl (C=O) groups excluding carboxylic acids is 2. The molecule has 1 aromatic heterocycles. The lowest BCUT2D eigenvalue weighted by atomic mass is 10.1. The molecular formula is C21H28N4O4. The minimum absolute atomic E-state index is 0.100. The summed E-state index contributed by atoms with van der Waals surface area (Å²) < 4.78 is 10.6. The highest BCUT2D eigenvalue weighted by molar-refractivity contribution is 5.90. The summed E-state index contributed by atoms with van der Waals surface area (Å²) in [5.74, 6) is 1.22. The Bertz CT molecular complexity index is 885. The maximum atomic E-state index is 12.4. The van der Waals surface area contributed by atoms with Gasteiger partial charge in [0.1, 0.15) is 11.4 Å². The average Bonchev–Trinajstić information content (AvgIpc) is 3.07. The molecule has 0 saturated heterocycles. The molecule has 1 aromatic carbocycles. The van der Waals surface area contributed by atoms with Gasteiger partial charge in [-0.05, 0) is 51.3 Å². The maximum Gasteiger partial charge on any atom is 0.410 e. The second-order valence-corrected chi connectivity index (χ2v) is 8.08. The van der Waals surface area contributed by atoms with Gasteiger partial charge in [0.25, 0.3) is 0 Å². The molecule has 0 spiro atoms. The molecule has 0 unspecified atom stereocenters. The van der Waals surface area contributed by atoms with Gasteiger partial charge in [0.05, 0.1) is 19.3 Å². The molecule has 0 bridgehead atoms. The van der Waals surface area contributed by atoms with E-state index in [1.54, 1.807) is 12.0 Å². The fourth-order valence-electron chi connectivity index (χ4n) is 3.18. The lowest BCUT2D eigenvalue weighted by Gasteiger charge is -2.29. The van der Waals surface area contributed by atoms with Crippen LogP contribution in [0.1, 0.15) is 44.0 Å². The van der Waals surface area contributed by atoms with Gasteiger partial charge in [0.15, 0.2) is 5.82 Å². The molecule has 2 aromatic rings. The highest BCUT2D eigenvalue weighted by atomic mass is 16.6. The zero-order chi connectivity index (χ0) is 21.0. The first-order chi connectivity index (χ1) is 13.7. The Morgan fingerprint density at radius 2 is 2.10 bits per heavy atom. The van der Waals surface area contributed by atoms with E-state index >= 15 is 0 Å². The molecule has 0 saturated carbocycles. The van der Waals surface area contributed by atoms with Gasteiger partial charge >= 0.3 is 6.09 Å². The first-order valence-electron chi connectivity index (χ1n) is 9.72. The number of benzene rings is 1. The van der Waals surface area contributed by atoms with Crippen molar-refractivity contribution in [2.45, 2.75) is 52.2 Å². The highest BCUT2D eigenvalue weighted by Crippen LogP contribution is 2.25. The van der Waals surface area contributed by atoms with E-state index in [-0.39, 0.29) is 12.0 Å². The van der Waals surface area contributed by atoms with Crippen molar-refractivity contribution in [3.63, 3.8) is 0 Å². The lowest BCUT2D eigenvalue weighted by Crippen LogP contribution is -2.39. The second-order valence-electron chi connectivity index (χ2n) is 8.08. The second kappa shape index (κ2) is 8.55. The standard InChI is InChI=1S/C21H28N4O4/c1-21(2,3)29-20(27)25-11-10-16-17(13-25)23-24-19(16)22-18(26)9-8-14-6-5-7-15(12-14)28-4/h5-7,12H,8-11,13H2,1-4H3,(H2,22,23,24,26). The smallest absolute Gasteiger partial charge is 0.410 e. The summed E-state index contributed by atoms with van der Waals surface area (Å²) in [6.07, 6.45) is 1.22. The zero-order valence-electron chi connectivity index (χ0n) is 17.4. The third kappa shape index (κ3) is 5.49. The average molecular weight is 400 g/mol. The summed E-state index contributed by atoms with van der Waals surface area (Å²) in [7, 11) is 1.62. The largest absolute Gasteiger partial charge is 0.497 e. The molecule has 2 heterocycles. The number of nitrogens with zero attached hydrogens (tertiary/aromatic N) is 2. The number of aryl methyl sites for hydroxylation is 1. The Kier molecular flexibility index (Phi) is 6.10. The third-order valence-electron chi connectivity index (χ3n) is 4.62. The molecule has 2 amide bonds. The van der Waals surface area contributed by atoms with E-state index in [0.717, 1.165) is 22.6 Å². The predicted octanol–water partition coefficient (Wildman–Crippen LogP) is 3.28. The fraction of sp³-hybridized carbons (Fsp3) is 0.476. The van der Waals surface area contributed by atoms with Gasteiger partial charge in [-0.15, -0.1) is 0 Å². The Morgan fingerprint density at radius 3 is 2.83 bits per heavy atom. The van der Waals surface area contributed by atoms with Gasteiger partial charge in [-0.2, -0.15) is 5.10 Å². The summed E-state index contributed by atoms with van der Waals surface area (Å²) in [6.45, 7) is 6.44. The summed E-state index contributed by atoms with van der Waals surface area (Å²) in [5, 5.41) is 10.1. The molecule has 0 atom stereocenters. The van der Waals surface area contributed by atoms with Crippen molar-refractivity contribution in [3.05, 3.63) is 41.1 Å². The van der Waals surface area contributed by atoms with Gasteiger partial charge < -0.3 is 19.7 Å². The van der Waals surface area contributed by atoms with Crippen molar-refractivity contribution >= 4 is 17.8 Å². The molecule has 8 nitrogen and oxygen atoms in total. The number of fused-ring (bicyclic) bond motifs is 1. The van der Waals surface area contributed by atoms with Crippen LogP contribution in [0.3, 0.4) is 0 Å². The van der Waals surface area contributed by atoms with E-state index in [1.165, 1.54) is 0 Å². The Morgan fingerprint density at radius 1 is 1.31 bits per heavy atom. The number of hydrogen-bond acceptors (Lipinski definition) is 5. The van der Waals surface area contributed by atoms with Crippen LogP contribution in [0.4, 0.5) is 10.6 Å². The van der Waals surface area contributed by atoms with Crippen LogP contribution in [-0.4, -0.2) is 46.4 Å². The van der Waals surface area contributed by atoms with Crippen molar-refractivity contribution in [3.8, 4) is 5.75 Å². The zero-order valence-corrected chi connectivity index (χ0v) is 17.4. The molecule has 0 aliphatic carbocycles. The van der Waals surface area contributed by atoms with Gasteiger partial charge in [-0.3, -0.25) is 9.89 Å². The van der Waals surface area contributed by atoms with E-state index in [4.69, 9.17) is 9.47 Å². The molecular weight excluding hydrogens is 372 g/mol. The van der Waals surface area contributed by atoms with Crippen molar-refractivity contribution in [1.82, 2.24) is 15.1 Å². The highest BCUT2D eigenvalue weighted by Gasteiger charge is 2.28. The van der Waals surface area contributed by atoms with Crippen molar-refractivity contribution in [2.75, 3.05) is 19.0 Å². The van der Waals surface area contributed by atoms with Crippen LogP contribution in [-0.2, 0) is 28.9 Å². The van der Waals surface area contributed by atoms with Crippen LogP contribution in [0.5, 0.6) is 5.75 Å². The Hall–Kier alpha value is -3.03. The number of ether oxygens (including phenoxy) is 2. The molecule has 0 radical (unpaired) electrons. The van der Waals surface area contributed by atoms with E-state index in [0.29, 0.717) is 38.2 Å². The van der Waals surface area contributed by atoms with Crippen LogP contribution < -0.4 is 10.1 Å². The molecule has 8 heteroatoms. The predicted molar refractivity (Wildman–Crippen MR) is 109 cm³/mol. The Balaban J connectivity index is 1.56. The van der Waals surface area contributed by atoms with Gasteiger partial charge in [0, 0.05) is 18.5 Å². The van der Waals surface area contributed by atoms with E-state index in [9.17, 15) is 9.59 Å². The Labute approximate surface area is 170 Å². The number of aromatic amines is 1. The number of anilines is 1. The monoisotopic (exact) mass is 400 g/mol. The SMILES string of the molecule is COc1cccc(CCC(=O)Nc2n[nH]c3c2CCN(C(=O)OC(C)(C)C)C3)c1. The van der Waals surface area contributed by atoms with Crippen LogP contribution in [0.15, 0.2) is 24.3 Å². The first-order valence-corrected chi connectivity index (χ1v) is 9.72. The minimum atomic E-state index is -0.534. The molecule has 0 fully saturated rings. The number of aromatic nitrogens is 2. The van der Waals surface area contributed by atoms with E-state index < -0.39 is 5.60 Å². The quantitative estimate of drug-likeness (QED) is 0.803. The van der Waals surface area contributed by atoms with Crippen LogP contribution in [0.2, 0.25) is 0 Å². The van der Waals surface area contributed by atoms with Crippen molar-refractivity contribution < 1.29 is 19.1 Å². The molecule has 1 aliphatic heterocycles. The molecule has 3 rings (SSSR count). The molecule has 1 aliphatic rings. The first kappa shape index (κ1) is 20.7. The van der Waals surface area contributed by atoms with E-state index in [2.05, 4.69) is 15.5 Å². The van der Waals surface area contributed by atoms with Crippen LogP contribution in [0.25, 0.3) is 0 Å². The summed E-state index contributed by atoms with van der Waals surface area (Å²) in [6, 6.07) is 7.68. The lowest BCUT2D eigenvalue weighted by molar-refractivity contribution is -0.116. The number of amides is 2. The number of carbonyl (C=O) groups is 2. The van der Waals surface area contributed by atoms with E-state index in [1.807, 2.05) is 45.0 Å². The number of rotatable bonds is 5. The summed E-state index contributed by atoms with van der Waals surface area (Å²) in [5.41, 5.74) is 2.27. The number of nitrogens with one attached hydrogen (secondary N) is 2. The van der Waals surface area contributed by atoms with Gasteiger partial charge in [-0.1, -0.05) is 12.1 Å². The van der Waals surface area contributed by atoms with Crippen molar-refractivity contribution in [1.29, 1.82) is 0 Å². The van der Waals surface area contributed by atoms with Crippen LogP contribution >= 0.6 is 0 Å². The van der Waals surface area contributed by atoms with Gasteiger partial charge in [-0.25, -0.2) is 4.79 Å². The van der Waals surface area contributed by atoms with Crippen LogP contribution in [0, 0.1) is 0 Å². The minimum Gasteiger partial charge on any atom is -0.497 e. The van der Waals surface area contributed by atoms with Gasteiger partial charge in [0.2, 0.25) is 5.91 Å². The third-order valence-corrected chi connectivity index (χ3v) is 4.62.